The van der Waals surface area contributed by atoms with Crippen molar-refractivity contribution in [2.24, 2.45) is 17.6 Å². The number of aromatic nitrogens is 1. The lowest BCUT2D eigenvalue weighted by Crippen LogP contribution is -2.54. The number of aliphatic hydroxyl groups excluding tert-OH is 2. The molecule has 7 heteroatoms. The molecule has 0 spiro atoms. The molecule has 6 nitrogen and oxygen atoms in total. The molecule has 1 aliphatic carbocycles. The first-order chi connectivity index (χ1) is 12.9. The number of aliphatic hydroxyl groups is 2. The number of nitrogens with two attached hydrogens (primary N) is 1. The molecule has 0 aromatic carbocycles. The molecule has 0 saturated heterocycles. The first-order valence-corrected chi connectivity index (χ1v) is 11.1. The smallest absolute Gasteiger partial charge is 0.237 e. The number of nitrogens with zero attached hydrogens (tertiary/aromatic N) is 1. The SMILES string of the molecule is CC(C)C[C@H](O)[C@H](O)[C@H](CC1CCCCC1)NC(=O)[C@@H](N)Cc1cscn1. The molecule has 1 amide bonds. The van der Waals surface area contributed by atoms with Crippen LogP contribution in [-0.2, 0) is 11.2 Å². The molecule has 5 N–H and O–H groups in total. The fraction of sp³-hybridized carbons (Fsp3) is 0.800. The topological polar surface area (TPSA) is 108 Å². The van der Waals surface area contributed by atoms with Gasteiger partial charge < -0.3 is 21.3 Å². The fourth-order valence-corrected chi connectivity index (χ4v) is 4.47. The first-order valence-electron chi connectivity index (χ1n) is 10.2. The quantitative estimate of drug-likeness (QED) is 0.484. The van der Waals surface area contributed by atoms with Gasteiger partial charge in [0.15, 0.2) is 0 Å². The van der Waals surface area contributed by atoms with E-state index in [1.54, 1.807) is 5.51 Å². The Bertz CT molecular complexity index is 547. The predicted molar refractivity (Wildman–Crippen MR) is 108 cm³/mol. The van der Waals surface area contributed by atoms with Gasteiger partial charge in [0.25, 0.3) is 0 Å². The van der Waals surface area contributed by atoms with Gasteiger partial charge in [0.05, 0.1) is 29.4 Å². The number of hydrogen-bond acceptors (Lipinski definition) is 6. The third-order valence-electron chi connectivity index (χ3n) is 5.41. The van der Waals surface area contributed by atoms with Gasteiger partial charge in [0, 0.05) is 11.8 Å². The Balaban J connectivity index is 1.99. The molecule has 1 aromatic rings. The van der Waals surface area contributed by atoms with Crippen LogP contribution in [0.1, 0.15) is 64.5 Å². The number of amides is 1. The lowest BCUT2D eigenvalue weighted by atomic mass is 9.82. The molecule has 4 atom stereocenters. The minimum absolute atomic E-state index is 0.271. The van der Waals surface area contributed by atoms with E-state index in [1.165, 1.54) is 30.6 Å². The van der Waals surface area contributed by atoms with Crippen molar-refractivity contribution in [2.75, 3.05) is 0 Å². The van der Waals surface area contributed by atoms with Crippen LogP contribution in [0.5, 0.6) is 0 Å². The van der Waals surface area contributed by atoms with Gasteiger partial charge in [-0.05, 0) is 24.7 Å². The molecule has 27 heavy (non-hydrogen) atoms. The van der Waals surface area contributed by atoms with E-state index in [0.717, 1.165) is 18.5 Å². The molecule has 1 aliphatic rings. The lowest BCUT2D eigenvalue weighted by molar-refractivity contribution is -0.125. The largest absolute Gasteiger partial charge is 0.390 e. The minimum atomic E-state index is -0.982. The zero-order chi connectivity index (χ0) is 19.8. The molecule has 1 heterocycles. The van der Waals surface area contributed by atoms with E-state index >= 15 is 0 Å². The van der Waals surface area contributed by atoms with Gasteiger partial charge in [-0.2, -0.15) is 0 Å². The Morgan fingerprint density at radius 1 is 1.33 bits per heavy atom. The fourth-order valence-electron chi connectivity index (χ4n) is 3.90. The molecule has 1 saturated carbocycles. The van der Waals surface area contributed by atoms with Gasteiger partial charge in [-0.15, -0.1) is 11.3 Å². The van der Waals surface area contributed by atoms with Gasteiger partial charge in [-0.1, -0.05) is 46.0 Å². The molecule has 0 bridgehead atoms. The van der Waals surface area contributed by atoms with Crippen LogP contribution < -0.4 is 11.1 Å². The molecule has 0 unspecified atom stereocenters. The van der Waals surface area contributed by atoms with Crippen molar-refractivity contribution < 1.29 is 15.0 Å². The zero-order valence-electron chi connectivity index (χ0n) is 16.5. The standard InChI is InChI=1S/C20H35N3O3S/c1-13(2)8-18(24)19(25)17(9-14-6-4-3-5-7-14)23-20(26)16(21)10-15-11-27-12-22-15/h11-14,16-19,24-25H,3-10,21H2,1-2H3,(H,23,26)/t16-,17-,18-,19+/m0/s1. The van der Waals surface area contributed by atoms with Gasteiger partial charge in [-0.25, -0.2) is 4.98 Å². The number of rotatable bonds is 10. The summed E-state index contributed by atoms with van der Waals surface area (Å²) < 4.78 is 0. The van der Waals surface area contributed by atoms with Gasteiger partial charge in [-0.3, -0.25) is 4.79 Å². The van der Waals surface area contributed by atoms with Crippen LogP contribution in [0.2, 0.25) is 0 Å². The first kappa shape index (κ1) is 22.3. The Morgan fingerprint density at radius 2 is 2.04 bits per heavy atom. The van der Waals surface area contributed by atoms with Crippen LogP contribution in [0.15, 0.2) is 10.9 Å². The number of hydrogen-bond donors (Lipinski definition) is 4. The molecular weight excluding hydrogens is 362 g/mol. The molecular formula is C20H35N3O3S. The number of nitrogens with one attached hydrogen (secondary N) is 1. The summed E-state index contributed by atoms with van der Waals surface area (Å²) in [6.45, 7) is 4.02. The van der Waals surface area contributed by atoms with Crippen LogP contribution in [0, 0.1) is 11.8 Å². The second kappa shape index (κ2) is 11.1. The van der Waals surface area contributed by atoms with Gasteiger partial charge in [0.1, 0.15) is 6.10 Å². The zero-order valence-corrected chi connectivity index (χ0v) is 17.3. The van der Waals surface area contributed by atoms with Crippen molar-refractivity contribution in [1.29, 1.82) is 0 Å². The summed E-state index contributed by atoms with van der Waals surface area (Å²) in [6.07, 6.45) is 5.60. The number of carbonyl (C=O) groups excluding carboxylic acids is 1. The molecule has 0 radical (unpaired) electrons. The molecule has 2 rings (SSSR count). The van der Waals surface area contributed by atoms with Crippen molar-refractivity contribution in [3.8, 4) is 0 Å². The molecule has 0 aliphatic heterocycles. The minimum Gasteiger partial charge on any atom is -0.390 e. The summed E-state index contributed by atoms with van der Waals surface area (Å²) in [7, 11) is 0. The van der Waals surface area contributed by atoms with Crippen molar-refractivity contribution in [3.63, 3.8) is 0 Å². The Kier molecular flexibility index (Phi) is 9.15. The van der Waals surface area contributed by atoms with E-state index in [4.69, 9.17) is 5.73 Å². The normalized spacial score (nSPS) is 20.2. The average molecular weight is 398 g/mol. The summed E-state index contributed by atoms with van der Waals surface area (Å²) in [4.78, 5) is 16.8. The molecule has 1 aromatic heterocycles. The lowest BCUT2D eigenvalue weighted by Gasteiger charge is -2.33. The highest BCUT2D eigenvalue weighted by Gasteiger charge is 2.32. The summed E-state index contributed by atoms with van der Waals surface area (Å²) in [5, 5.41) is 25.9. The van der Waals surface area contributed by atoms with Crippen LogP contribution in [0.3, 0.4) is 0 Å². The third-order valence-corrected chi connectivity index (χ3v) is 6.04. The average Bonchev–Trinajstić information content (AvgIpc) is 3.13. The van der Waals surface area contributed by atoms with Crippen molar-refractivity contribution in [1.82, 2.24) is 10.3 Å². The maximum absolute atomic E-state index is 12.6. The van der Waals surface area contributed by atoms with E-state index in [2.05, 4.69) is 10.3 Å². The molecule has 1 fully saturated rings. The second-order valence-corrected chi connectivity index (χ2v) is 9.05. The van der Waals surface area contributed by atoms with E-state index < -0.39 is 24.3 Å². The summed E-state index contributed by atoms with van der Waals surface area (Å²) in [5.74, 6) is 0.451. The van der Waals surface area contributed by atoms with Crippen LogP contribution >= 0.6 is 11.3 Å². The monoisotopic (exact) mass is 397 g/mol. The summed E-state index contributed by atoms with van der Waals surface area (Å²) in [5.41, 5.74) is 8.57. The van der Waals surface area contributed by atoms with Crippen molar-refractivity contribution in [3.05, 3.63) is 16.6 Å². The van der Waals surface area contributed by atoms with Gasteiger partial charge >= 0.3 is 0 Å². The highest BCUT2D eigenvalue weighted by Crippen LogP contribution is 2.29. The van der Waals surface area contributed by atoms with E-state index in [1.807, 2.05) is 19.2 Å². The number of thiazole rings is 1. The van der Waals surface area contributed by atoms with E-state index in [9.17, 15) is 15.0 Å². The third kappa shape index (κ3) is 7.49. The Labute approximate surface area is 166 Å². The van der Waals surface area contributed by atoms with Crippen molar-refractivity contribution in [2.45, 2.75) is 89.5 Å². The van der Waals surface area contributed by atoms with E-state index in [0.29, 0.717) is 25.2 Å². The van der Waals surface area contributed by atoms with Crippen LogP contribution in [0.25, 0.3) is 0 Å². The highest BCUT2D eigenvalue weighted by atomic mass is 32.1. The maximum Gasteiger partial charge on any atom is 0.237 e. The van der Waals surface area contributed by atoms with Crippen molar-refractivity contribution >= 4 is 17.2 Å². The second-order valence-electron chi connectivity index (χ2n) is 8.33. The Hall–Kier alpha value is -1.02. The maximum atomic E-state index is 12.6. The predicted octanol–water partition coefficient (Wildman–Crippen LogP) is 2.24. The Morgan fingerprint density at radius 3 is 2.63 bits per heavy atom. The molecule has 154 valence electrons. The van der Waals surface area contributed by atoms with Gasteiger partial charge in [0.2, 0.25) is 5.91 Å². The highest BCUT2D eigenvalue weighted by molar-refractivity contribution is 7.07. The number of carbonyl (C=O) groups is 1. The van der Waals surface area contributed by atoms with E-state index in [-0.39, 0.29) is 11.8 Å². The van der Waals surface area contributed by atoms with Crippen LogP contribution in [0.4, 0.5) is 0 Å². The summed E-state index contributed by atoms with van der Waals surface area (Å²) >= 11 is 1.47. The summed E-state index contributed by atoms with van der Waals surface area (Å²) in [6, 6.07) is -1.19. The van der Waals surface area contributed by atoms with Crippen LogP contribution in [-0.4, -0.2) is 45.4 Å².